The molecule has 170 valence electrons. The molecule has 0 unspecified atom stereocenters. The van der Waals surface area contributed by atoms with Crippen LogP contribution in [0.1, 0.15) is 27.8 Å². The first-order valence-electron chi connectivity index (χ1n) is 10.5. The van der Waals surface area contributed by atoms with Crippen LogP contribution in [0.3, 0.4) is 0 Å². The molecule has 1 atom stereocenters. The van der Waals surface area contributed by atoms with Crippen LogP contribution in [-0.4, -0.2) is 26.2 Å². The van der Waals surface area contributed by atoms with E-state index in [4.69, 9.17) is 4.74 Å². The number of ether oxygens (including phenoxy) is 1. The highest BCUT2D eigenvalue weighted by Gasteiger charge is 2.23. The Bertz CT molecular complexity index is 1320. The molecule has 4 aromatic rings. The number of rotatable bonds is 9. The van der Waals surface area contributed by atoms with Crippen molar-refractivity contribution in [2.75, 3.05) is 6.54 Å². The van der Waals surface area contributed by atoms with Crippen LogP contribution in [0.5, 0.6) is 5.75 Å². The minimum atomic E-state index is -0.463. The Morgan fingerprint density at radius 1 is 1.06 bits per heavy atom. The van der Waals surface area contributed by atoms with E-state index in [1.807, 2.05) is 72.2 Å². The zero-order chi connectivity index (χ0) is 23.9. The molecule has 1 aromatic heterocycles. The second-order valence-corrected chi connectivity index (χ2v) is 8.62. The fourth-order valence-electron chi connectivity index (χ4n) is 3.46. The highest BCUT2D eigenvalue weighted by molar-refractivity contribution is 7.99. The second kappa shape index (κ2) is 10.6. The molecule has 0 amide bonds. The van der Waals surface area contributed by atoms with Gasteiger partial charge in [0.1, 0.15) is 23.4 Å². The van der Waals surface area contributed by atoms with Crippen LogP contribution in [-0.2, 0) is 6.61 Å². The van der Waals surface area contributed by atoms with Gasteiger partial charge in [0.25, 0.3) is 0 Å². The predicted molar refractivity (Wildman–Crippen MR) is 128 cm³/mol. The van der Waals surface area contributed by atoms with Crippen molar-refractivity contribution in [3.05, 3.63) is 111 Å². The maximum atomic E-state index is 11.4. The van der Waals surface area contributed by atoms with Crippen LogP contribution < -0.4 is 4.74 Å². The van der Waals surface area contributed by atoms with Crippen LogP contribution in [0.4, 0.5) is 0 Å². The fraction of sp³-hybridized carbons (Fsp3) is 0.160. The summed E-state index contributed by atoms with van der Waals surface area (Å²) in [6.45, 7) is 1.85. The molecule has 8 nitrogen and oxygen atoms in total. The molecule has 0 N–H and O–H groups in total. The minimum Gasteiger partial charge on any atom is -0.489 e. The van der Waals surface area contributed by atoms with Gasteiger partial charge < -0.3 is 4.74 Å². The average Bonchev–Trinajstić information content (AvgIpc) is 3.22. The van der Waals surface area contributed by atoms with Crippen molar-refractivity contribution < 1.29 is 9.66 Å². The topological polar surface area (TPSA) is 107 Å². The van der Waals surface area contributed by atoms with Crippen LogP contribution in [0.2, 0.25) is 0 Å². The average molecular weight is 472 g/mol. The molecule has 34 heavy (non-hydrogen) atoms. The van der Waals surface area contributed by atoms with Crippen LogP contribution in [0.15, 0.2) is 84.0 Å². The summed E-state index contributed by atoms with van der Waals surface area (Å²) in [6, 6.07) is 26.3. The SMILES string of the molecule is Cc1nnc(S[C@H](C[N+](=O)[O-])c2ccc(OCc3ccccc3C#N)cc2)n1-c1ccccc1. The molecule has 9 heteroatoms. The molecule has 0 fully saturated rings. The van der Waals surface area contributed by atoms with Gasteiger partial charge in [-0.05, 0) is 42.8 Å². The predicted octanol–water partition coefficient (Wildman–Crippen LogP) is 5.14. The van der Waals surface area contributed by atoms with Gasteiger partial charge in [0.05, 0.1) is 11.6 Å². The molecule has 0 spiro atoms. The van der Waals surface area contributed by atoms with Gasteiger partial charge in [0.2, 0.25) is 6.54 Å². The Balaban J connectivity index is 1.53. The van der Waals surface area contributed by atoms with E-state index in [0.29, 0.717) is 22.3 Å². The quantitative estimate of drug-likeness (QED) is 0.189. The maximum Gasteiger partial charge on any atom is 0.220 e. The van der Waals surface area contributed by atoms with Crippen LogP contribution in [0.25, 0.3) is 5.69 Å². The van der Waals surface area contributed by atoms with Crippen molar-refractivity contribution in [1.29, 1.82) is 5.26 Å². The van der Waals surface area contributed by atoms with E-state index >= 15 is 0 Å². The zero-order valence-corrected chi connectivity index (χ0v) is 19.2. The number of aromatic nitrogens is 3. The molecule has 1 heterocycles. The lowest BCUT2D eigenvalue weighted by Crippen LogP contribution is -2.11. The smallest absolute Gasteiger partial charge is 0.220 e. The molecule has 3 aromatic carbocycles. The number of nitriles is 1. The summed E-state index contributed by atoms with van der Waals surface area (Å²) in [4.78, 5) is 11.1. The number of para-hydroxylation sites is 1. The van der Waals surface area contributed by atoms with Gasteiger partial charge in [-0.2, -0.15) is 5.26 Å². The molecule has 0 aliphatic carbocycles. The molecular formula is C25H21N5O3S. The highest BCUT2D eigenvalue weighted by atomic mass is 32.2. The summed E-state index contributed by atoms with van der Waals surface area (Å²) in [5.74, 6) is 1.32. The van der Waals surface area contributed by atoms with Crippen molar-refractivity contribution in [1.82, 2.24) is 14.8 Å². The zero-order valence-electron chi connectivity index (χ0n) is 18.4. The van der Waals surface area contributed by atoms with Gasteiger partial charge in [-0.25, -0.2) is 0 Å². The normalized spacial score (nSPS) is 11.5. The monoisotopic (exact) mass is 471 g/mol. The molecule has 0 saturated heterocycles. The second-order valence-electron chi connectivity index (χ2n) is 7.45. The van der Waals surface area contributed by atoms with E-state index in [1.54, 1.807) is 18.2 Å². The van der Waals surface area contributed by atoms with E-state index in [9.17, 15) is 15.4 Å². The lowest BCUT2D eigenvalue weighted by molar-refractivity contribution is -0.479. The first kappa shape index (κ1) is 23.0. The molecule has 0 bridgehead atoms. The van der Waals surface area contributed by atoms with Gasteiger partial charge in [-0.1, -0.05) is 60.3 Å². The van der Waals surface area contributed by atoms with Crippen molar-refractivity contribution in [2.45, 2.75) is 23.9 Å². The number of benzene rings is 3. The third kappa shape index (κ3) is 5.42. The van der Waals surface area contributed by atoms with Crippen molar-refractivity contribution in [3.63, 3.8) is 0 Å². The van der Waals surface area contributed by atoms with Gasteiger partial charge >= 0.3 is 0 Å². The number of aryl methyl sites for hydroxylation is 1. The van der Waals surface area contributed by atoms with Gasteiger partial charge in [0.15, 0.2) is 5.16 Å². The first-order chi connectivity index (χ1) is 16.5. The Hall–Kier alpha value is -4.16. The molecule has 0 aliphatic heterocycles. The van der Waals surface area contributed by atoms with E-state index in [0.717, 1.165) is 16.8 Å². The Morgan fingerprint density at radius 3 is 2.47 bits per heavy atom. The molecular weight excluding hydrogens is 450 g/mol. The number of nitro groups is 1. The van der Waals surface area contributed by atoms with E-state index in [2.05, 4.69) is 16.3 Å². The lowest BCUT2D eigenvalue weighted by atomic mass is 10.1. The van der Waals surface area contributed by atoms with Gasteiger partial charge in [0, 0.05) is 16.2 Å². The van der Waals surface area contributed by atoms with Crippen LogP contribution >= 0.6 is 11.8 Å². The fourth-order valence-corrected chi connectivity index (χ4v) is 4.64. The summed E-state index contributed by atoms with van der Waals surface area (Å²) in [7, 11) is 0. The third-order valence-electron chi connectivity index (χ3n) is 5.16. The summed E-state index contributed by atoms with van der Waals surface area (Å²) in [5, 5.41) is 29.2. The van der Waals surface area contributed by atoms with Crippen molar-refractivity contribution >= 4 is 11.8 Å². The van der Waals surface area contributed by atoms with E-state index in [-0.39, 0.29) is 18.1 Å². The van der Waals surface area contributed by atoms with E-state index < -0.39 is 5.25 Å². The summed E-state index contributed by atoms with van der Waals surface area (Å²) in [5.41, 5.74) is 3.05. The summed E-state index contributed by atoms with van der Waals surface area (Å²) in [6.07, 6.45) is 0. The lowest BCUT2D eigenvalue weighted by Gasteiger charge is -2.15. The molecule has 0 saturated carbocycles. The summed E-state index contributed by atoms with van der Waals surface area (Å²) < 4.78 is 7.72. The van der Waals surface area contributed by atoms with Crippen molar-refractivity contribution in [3.8, 4) is 17.5 Å². The molecule has 4 rings (SSSR count). The number of nitrogens with zero attached hydrogens (tertiary/aromatic N) is 5. The largest absolute Gasteiger partial charge is 0.489 e. The number of hydrogen-bond acceptors (Lipinski definition) is 7. The Morgan fingerprint density at radius 2 is 1.76 bits per heavy atom. The third-order valence-corrected chi connectivity index (χ3v) is 6.34. The van der Waals surface area contributed by atoms with E-state index in [1.165, 1.54) is 11.8 Å². The van der Waals surface area contributed by atoms with Crippen molar-refractivity contribution in [2.24, 2.45) is 0 Å². The van der Waals surface area contributed by atoms with Gasteiger partial charge in [-0.3, -0.25) is 14.7 Å². The number of hydrogen-bond donors (Lipinski definition) is 0. The standard InChI is InChI=1S/C25H21N5O3S/c1-18-27-28-25(30(18)22-9-3-2-4-10-22)34-24(16-29(31)32)19-11-13-23(14-12-19)33-17-21-8-6-5-7-20(21)15-26/h2-14,24H,16-17H2,1H3/t24-/m1/s1. The van der Waals surface area contributed by atoms with Gasteiger partial charge in [-0.15, -0.1) is 10.2 Å². The first-order valence-corrected chi connectivity index (χ1v) is 11.4. The highest BCUT2D eigenvalue weighted by Crippen LogP contribution is 2.36. The Labute approximate surface area is 201 Å². The maximum absolute atomic E-state index is 11.4. The molecule has 0 aliphatic rings. The Kier molecular flexibility index (Phi) is 7.20. The minimum absolute atomic E-state index is 0.260. The summed E-state index contributed by atoms with van der Waals surface area (Å²) >= 11 is 1.30. The molecule has 0 radical (unpaired) electrons. The number of thioether (sulfide) groups is 1. The van der Waals surface area contributed by atoms with Crippen LogP contribution in [0, 0.1) is 28.4 Å².